The van der Waals surface area contributed by atoms with Gasteiger partial charge in [-0.15, -0.1) is 0 Å². The number of benzene rings is 2. The number of hydrogen-bond donors (Lipinski definition) is 3. The molecule has 0 amide bonds. The van der Waals surface area contributed by atoms with Crippen molar-refractivity contribution in [3.63, 3.8) is 0 Å². The summed E-state index contributed by atoms with van der Waals surface area (Å²) in [6, 6.07) is 15.9. The zero-order valence-corrected chi connectivity index (χ0v) is 16.8. The summed E-state index contributed by atoms with van der Waals surface area (Å²) >= 11 is 0. The molecule has 0 spiro atoms. The van der Waals surface area contributed by atoms with Crippen LogP contribution in [0.2, 0.25) is 0 Å². The van der Waals surface area contributed by atoms with Gasteiger partial charge in [-0.3, -0.25) is 10.3 Å². The summed E-state index contributed by atoms with van der Waals surface area (Å²) in [5.74, 6) is 0.943. The lowest BCUT2D eigenvalue weighted by molar-refractivity contribution is -0.0578. The van der Waals surface area contributed by atoms with Crippen LogP contribution in [0.15, 0.2) is 48.5 Å². The number of nitrogens with two attached hydrogens (primary N) is 1. The summed E-state index contributed by atoms with van der Waals surface area (Å²) in [6.07, 6.45) is 2.77. The fraction of sp³-hybridized carbons (Fsp3) is 0.435. The van der Waals surface area contributed by atoms with Gasteiger partial charge < -0.3 is 20.5 Å². The highest BCUT2D eigenvalue weighted by Gasteiger charge is 2.30. The summed E-state index contributed by atoms with van der Waals surface area (Å²) in [5.41, 5.74) is 9.23. The van der Waals surface area contributed by atoms with E-state index in [0.29, 0.717) is 18.3 Å². The minimum absolute atomic E-state index is 0.0713. The smallest absolute Gasteiger partial charge is 0.190 e. The fourth-order valence-electron chi connectivity index (χ4n) is 4.38. The minimum Gasteiger partial charge on any atom is -0.508 e. The molecule has 6 heteroatoms. The van der Waals surface area contributed by atoms with Crippen molar-refractivity contribution in [3.05, 3.63) is 65.2 Å². The van der Waals surface area contributed by atoms with Gasteiger partial charge in [0.15, 0.2) is 12.2 Å². The average Bonchev–Trinajstić information content (AvgIpc) is 2.74. The lowest BCUT2D eigenvalue weighted by Gasteiger charge is -2.39. The Balaban J connectivity index is 1.33. The molecule has 0 aliphatic carbocycles. The summed E-state index contributed by atoms with van der Waals surface area (Å²) in [7, 11) is 0. The molecule has 4 rings (SSSR count). The van der Waals surface area contributed by atoms with Gasteiger partial charge in [-0.05, 0) is 49.9 Å². The highest BCUT2D eigenvalue weighted by Crippen LogP contribution is 2.32. The molecule has 0 saturated carbocycles. The summed E-state index contributed by atoms with van der Waals surface area (Å²) in [5, 5.41) is 17.9. The Morgan fingerprint density at radius 2 is 1.79 bits per heavy atom. The van der Waals surface area contributed by atoms with Gasteiger partial charge in [-0.1, -0.05) is 42.5 Å². The second-order valence-corrected chi connectivity index (χ2v) is 8.06. The van der Waals surface area contributed by atoms with Crippen molar-refractivity contribution in [3.8, 4) is 5.75 Å². The number of nitrogens with one attached hydrogen (secondary N) is 1. The Morgan fingerprint density at radius 1 is 1.07 bits per heavy atom. The normalized spacial score (nSPS) is 20.4. The third kappa shape index (κ3) is 4.54. The SMILES string of the molecule is N=C(N)N1CCc2ccccc2C1OCC1CCN(Cc2ccccc2O)CC1. The van der Waals surface area contributed by atoms with E-state index in [1.807, 2.05) is 29.2 Å². The van der Waals surface area contributed by atoms with E-state index in [9.17, 15) is 5.11 Å². The quantitative estimate of drug-likeness (QED) is 0.536. The van der Waals surface area contributed by atoms with Gasteiger partial charge in [0.2, 0.25) is 0 Å². The molecule has 2 aromatic rings. The molecular formula is C23H30N4O2. The van der Waals surface area contributed by atoms with Crippen molar-refractivity contribution in [1.29, 1.82) is 5.41 Å². The number of phenolic OH excluding ortho intramolecular Hbond substituents is 1. The molecule has 2 aliphatic rings. The van der Waals surface area contributed by atoms with Crippen molar-refractivity contribution in [2.75, 3.05) is 26.2 Å². The van der Waals surface area contributed by atoms with Gasteiger partial charge in [-0.25, -0.2) is 0 Å². The van der Waals surface area contributed by atoms with Gasteiger partial charge in [0.1, 0.15) is 5.75 Å². The Labute approximate surface area is 172 Å². The number of fused-ring (bicyclic) bond motifs is 1. The van der Waals surface area contributed by atoms with Crippen molar-refractivity contribution < 1.29 is 9.84 Å². The molecule has 29 heavy (non-hydrogen) atoms. The number of piperidine rings is 1. The molecule has 0 radical (unpaired) electrons. The number of guanidine groups is 1. The lowest BCUT2D eigenvalue weighted by Crippen LogP contribution is -2.45. The number of phenols is 1. The topological polar surface area (TPSA) is 85.8 Å². The number of para-hydroxylation sites is 1. The number of rotatable bonds is 5. The van der Waals surface area contributed by atoms with E-state index in [0.717, 1.165) is 56.6 Å². The van der Waals surface area contributed by atoms with Crippen molar-refractivity contribution in [2.24, 2.45) is 11.7 Å². The lowest BCUT2D eigenvalue weighted by atomic mass is 9.96. The van der Waals surface area contributed by atoms with Crippen LogP contribution in [-0.2, 0) is 17.7 Å². The van der Waals surface area contributed by atoms with Gasteiger partial charge in [0.25, 0.3) is 0 Å². The van der Waals surface area contributed by atoms with E-state index in [1.165, 1.54) is 5.56 Å². The van der Waals surface area contributed by atoms with Gasteiger partial charge in [-0.2, -0.15) is 0 Å². The van der Waals surface area contributed by atoms with Crippen LogP contribution in [0.1, 0.15) is 35.8 Å². The third-order valence-electron chi connectivity index (χ3n) is 6.12. The summed E-state index contributed by atoms with van der Waals surface area (Å²) < 4.78 is 6.34. The maximum absolute atomic E-state index is 9.99. The zero-order chi connectivity index (χ0) is 20.2. The van der Waals surface area contributed by atoms with Crippen molar-refractivity contribution in [1.82, 2.24) is 9.80 Å². The average molecular weight is 395 g/mol. The van der Waals surface area contributed by atoms with Crippen molar-refractivity contribution in [2.45, 2.75) is 32.0 Å². The van der Waals surface area contributed by atoms with Crippen LogP contribution in [0.25, 0.3) is 0 Å². The third-order valence-corrected chi connectivity index (χ3v) is 6.12. The van der Waals surface area contributed by atoms with E-state index in [-0.39, 0.29) is 12.2 Å². The number of hydrogen-bond acceptors (Lipinski definition) is 4. The van der Waals surface area contributed by atoms with Crippen LogP contribution in [0, 0.1) is 11.3 Å². The second-order valence-electron chi connectivity index (χ2n) is 8.06. The van der Waals surface area contributed by atoms with Gasteiger partial charge in [0, 0.05) is 24.2 Å². The van der Waals surface area contributed by atoms with E-state index >= 15 is 0 Å². The van der Waals surface area contributed by atoms with Crippen LogP contribution < -0.4 is 5.73 Å². The Bertz CT molecular complexity index is 848. The molecule has 0 bridgehead atoms. The molecule has 1 fully saturated rings. The molecule has 154 valence electrons. The first-order chi connectivity index (χ1) is 14.1. The van der Waals surface area contributed by atoms with E-state index in [1.54, 1.807) is 6.07 Å². The first-order valence-electron chi connectivity index (χ1n) is 10.4. The van der Waals surface area contributed by atoms with Gasteiger partial charge in [0.05, 0.1) is 6.61 Å². The molecule has 4 N–H and O–H groups in total. The molecule has 2 heterocycles. The highest BCUT2D eigenvalue weighted by atomic mass is 16.5. The Morgan fingerprint density at radius 3 is 2.55 bits per heavy atom. The van der Waals surface area contributed by atoms with Crippen LogP contribution in [-0.4, -0.2) is 47.1 Å². The fourth-order valence-corrected chi connectivity index (χ4v) is 4.38. The van der Waals surface area contributed by atoms with E-state index < -0.39 is 0 Å². The molecule has 6 nitrogen and oxygen atoms in total. The molecule has 1 saturated heterocycles. The number of nitrogens with zero attached hydrogens (tertiary/aromatic N) is 2. The maximum atomic E-state index is 9.99. The Hall–Kier alpha value is -2.57. The Kier molecular flexibility index (Phi) is 6.02. The van der Waals surface area contributed by atoms with Crippen LogP contribution in [0.5, 0.6) is 5.75 Å². The molecule has 2 aliphatic heterocycles. The van der Waals surface area contributed by atoms with Crippen LogP contribution in [0.4, 0.5) is 0 Å². The first kappa shape index (κ1) is 19.7. The van der Waals surface area contributed by atoms with E-state index in [4.69, 9.17) is 15.9 Å². The molecule has 1 unspecified atom stereocenters. The second kappa shape index (κ2) is 8.84. The molecule has 2 aromatic carbocycles. The number of likely N-dealkylation sites (tertiary alicyclic amines) is 1. The zero-order valence-electron chi connectivity index (χ0n) is 16.8. The van der Waals surface area contributed by atoms with Gasteiger partial charge >= 0.3 is 0 Å². The van der Waals surface area contributed by atoms with Crippen molar-refractivity contribution >= 4 is 5.96 Å². The van der Waals surface area contributed by atoms with Crippen LogP contribution in [0.3, 0.4) is 0 Å². The molecule has 1 atom stereocenters. The minimum atomic E-state index is -0.267. The number of ether oxygens (including phenoxy) is 1. The monoisotopic (exact) mass is 394 g/mol. The molecule has 0 aromatic heterocycles. The summed E-state index contributed by atoms with van der Waals surface area (Å²) in [4.78, 5) is 4.25. The maximum Gasteiger partial charge on any atom is 0.190 e. The largest absolute Gasteiger partial charge is 0.508 e. The van der Waals surface area contributed by atoms with E-state index in [2.05, 4.69) is 23.1 Å². The first-order valence-corrected chi connectivity index (χ1v) is 10.4. The number of aromatic hydroxyl groups is 1. The summed E-state index contributed by atoms with van der Waals surface area (Å²) in [6.45, 7) is 4.18. The highest BCUT2D eigenvalue weighted by molar-refractivity contribution is 5.75. The van der Waals surface area contributed by atoms with Crippen LogP contribution >= 0.6 is 0 Å². The predicted molar refractivity (Wildman–Crippen MR) is 114 cm³/mol. The standard InChI is InChI=1S/C23H30N4O2/c24-23(25)27-14-11-18-5-1-3-7-20(18)22(27)29-16-17-9-12-26(13-10-17)15-19-6-2-4-8-21(19)28/h1-8,17,22,28H,9-16H2,(H3,24,25). The predicted octanol–water partition coefficient (Wildman–Crippen LogP) is 3.07. The molecular weight excluding hydrogens is 364 g/mol.